The van der Waals surface area contributed by atoms with Crippen LogP contribution in [-0.2, 0) is 0 Å². The molecule has 1 heterocycles. The number of Topliss-reactive ketones (excluding diaryl/α,β-unsaturated/α-hetero) is 2. The van der Waals surface area contributed by atoms with Crippen molar-refractivity contribution < 1.29 is 18.8 Å². The summed E-state index contributed by atoms with van der Waals surface area (Å²) < 4.78 is 14.8. The molecule has 3 aromatic carbocycles. The van der Waals surface area contributed by atoms with Crippen LogP contribution in [0.1, 0.15) is 50.8 Å². The molecule has 4 rings (SSSR count). The fourth-order valence-corrected chi connectivity index (χ4v) is 4.28. The fraction of sp³-hybridized carbons (Fsp3) is 0.222. The van der Waals surface area contributed by atoms with E-state index in [2.05, 4.69) is 0 Å². The van der Waals surface area contributed by atoms with Gasteiger partial charge in [-0.05, 0) is 37.5 Å². The van der Waals surface area contributed by atoms with E-state index in [4.69, 9.17) is 0 Å². The van der Waals surface area contributed by atoms with E-state index in [1.807, 2.05) is 30.3 Å². The minimum absolute atomic E-state index is 0.166. The third kappa shape index (κ3) is 4.37. The maximum absolute atomic E-state index is 14.8. The molecule has 0 aromatic heterocycles. The lowest BCUT2D eigenvalue weighted by Gasteiger charge is -2.32. The van der Waals surface area contributed by atoms with Crippen molar-refractivity contribution in [2.75, 3.05) is 13.1 Å². The molecule has 1 saturated heterocycles. The van der Waals surface area contributed by atoms with Crippen molar-refractivity contribution in [1.29, 1.82) is 0 Å². The van der Waals surface area contributed by atoms with Gasteiger partial charge >= 0.3 is 0 Å². The number of carbonyl (C=O) groups is 3. The lowest BCUT2D eigenvalue weighted by atomic mass is 9.88. The zero-order chi connectivity index (χ0) is 22.7. The van der Waals surface area contributed by atoms with Gasteiger partial charge < -0.3 is 4.90 Å². The number of amides is 1. The molecule has 0 spiro atoms. The van der Waals surface area contributed by atoms with Crippen LogP contribution in [0.25, 0.3) is 11.1 Å². The Morgan fingerprint density at radius 2 is 1.59 bits per heavy atom. The Bertz CT molecular complexity index is 1170. The third-order valence-electron chi connectivity index (χ3n) is 5.95. The molecule has 0 aliphatic carbocycles. The molecule has 0 saturated carbocycles. The number of hydrogen-bond acceptors (Lipinski definition) is 3. The average molecular weight is 429 g/mol. The second kappa shape index (κ2) is 9.27. The van der Waals surface area contributed by atoms with E-state index in [9.17, 15) is 18.8 Å². The van der Waals surface area contributed by atoms with Gasteiger partial charge in [0.25, 0.3) is 5.91 Å². The maximum atomic E-state index is 14.8. The first kappa shape index (κ1) is 21.6. The molecule has 1 fully saturated rings. The predicted octanol–water partition coefficient (Wildman–Crippen LogP) is 5.43. The number of hydrogen-bond donors (Lipinski definition) is 0. The van der Waals surface area contributed by atoms with Crippen molar-refractivity contribution in [3.63, 3.8) is 0 Å². The van der Waals surface area contributed by atoms with Crippen LogP contribution in [-0.4, -0.2) is 35.5 Å². The number of halogens is 1. The molecule has 0 radical (unpaired) electrons. The molecular weight excluding hydrogens is 405 g/mol. The summed E-state index contributed by atoms with van der Waals surface area (Å²) >= 11 is 0. The van der Waals surface area contributed by atoms with E-state index < -0.39 is 11.7 Å². The van der Waals surface area contributed by atoms with Gasteiger partial charge in [0.2, 0.25) is 0 Å². The normalized spacial score (nSPS) is 15.9. The summed E-state index contributed by atoms with van der Waals surface area (Å²) in [6.45, 7) is 2.21. The molecule has 1 aliphatic rings. The second-order valence-electron chi connectivity index (χ2n) is 8.12. The van der Waals surface area contributed by atoms with Gasteiger partial charge in [0.05, 0.1) is 5.56 Å². The first-order valence-electron chi connectivity index (χ1n) is 10.7. The van der Waals surface area contributed by atoms with Crippen LogP contribution in [0.4, 0.5) is 4.39 Å². The number of carbonyl (C=O) groups excluding carboxylic acids is 3. The molecule has 162 valence electrons. The number of piperidine rings is 1. The van der Waals surface area contributed by atoms with E-state index >= 15 is 0 Å². The van der Waals surface area contributed by atoms with Gasteiger partial charge in [-0.1, -0.05) is 60.7 Å². The Morgan fingerprint density at radius 1 is 0.906 bits per heavy atom. The maximum Gasteiger partial charge on any atom is 0.254 e. The molecule has 0 unspecified atom stereocenters. The van der Waals surface area contributed by atoms with E-state index in [1.54, 1.807) is 41.3 Å². The predicted molar refractivity (Wildman–Crippen MR) is 121 cm³/mol. The molecule has 1 aliphatic heterocycles. The number of ketones is 2. The van der Waals surface area contributed by atoms with E-state index in [0.29, 0.717) is 41.6 Å². The van der Waals surface area contributed by atoms with Crippen LogP contribution < -0.4 is 0 Å². The second-order valence-corrected chi connectivity index (χ2v) is 8.12. The number of likely N-dealkylation sites (tertiary alicyclic amines) is 1. The molecule has 4 nitrogen and oxygen atoms in total. The Labute approximate surface area is 186 Å². The van der Waals surface area contributed by atoms with Crippen molar-refractivity contribution in [2.24, 2.45) is 5.92 Å². The smallest absolute Gasteiger partial charge is 0.254 e. The zero-order valence-corrected chi connectivity index (χ0v) is 17.9. The number of benzene rings is 3. The summed E-state index contributed by atoms with van der Waals surface area (Å²) in [6.07, 6.45) is 1.31. The highest BCUT2D eigenvalue weighted by molar-refractivity contribution is 6.07. The quantitative estimate of drug-likeness (QED) is 0.508. The first-order chi connectivity index (χ1) is 15.5. The fourth-order valence-electron chi connectivity index (χ4n) is 4.28. The third-order valence-corrected chi connectivity index (χ3v) is 5.95. The van der Waals surface area contributed by atoms with E-state index in [0.717, 1.165) is 5.56 Å². The summed E-state index contributed by atoms with van der Waals surface area (Å²) in [5, 5.41) is 0. The number of nitrogens with zero attached hydrogens (tertiary/aromatic N) is 1. The lowest BCUT2D eigenvalue weighted by molar-refractivity contribution is 0.0633. The summed E-state index contributed by atoms with van der Waals surface area (Å²) in [4.78, 5) is 39.7. The molecule has 5 heteroatoms. The van der Waals surface area contributed by atoms with Crippen molar-refractivity contribution in [1.82, 2.24) is 4.90 Å². The summed E-state index contributed by atoms with van der Waals surface area (Å²) in [6, 6.07) is 20.5. The summed E-state index contributed by atoms with van der Waals surface area (Å²) in [7, 11) is 0. The molecule has 0 bridgehead atoms. The highest BCUT2D eigenvalue weighted by Gasteiger charge is 2.31. The average Bonchev–Trinajstić information content (AvgIpc) is 2.83. The lowest BCUT2D eigenvalue weighted by Crippen LogP contribution is -2.42. The summed E-state index contributed by atoms with van der Waals surface area (Å²) in [5.74, 6) is -1.44. The van der Waals surface area contributed by atoms with Gasteiger partial charge in [-0.25, -0.2) is 4.39 Å². The highest BCUT2D eigenvalue weighted by Crippen LogP contribution is 2.27. The van der Waals surface area contributed by atoms with Crippen molar-refractivity contribution in [3.05, 3.63) is 95.3 Å². The van der Waals surface area contributed by atoms with Crippen molar-refractivity contribution in [3.8, 4) is 11.1 Å². The van der Waals surface area contributed by atoms with Gasteiger partial charge in [-0.2, -0.15) is 0 Å². The topological polar surface area (TPSA) is 54.5 Å². The first-order valence-corrected chi connectivity index (χ1v) is 10.7. The van der Waals surface area contributed by atoms with Gasteiger partial charge in [-0.15, -0.1) is 0 Å². The monoisotopic (exact) mass is 429 g/mol. The molecule has 1 atom stereocenters. The van der Waals surface area contributed by atoms with Crippen LogP contribution in [0.2, 0.25) is 0 Å². The van der Waals surface area contributed by atoms with Gasteiger partial charge in [-0.3, -0.25) is 14.4 Å². The molecule has 1 amide bonds. The Balaban J connectivity index is 1.52. The SMILES string of the molecule is CC(=O)c1ccccc1C(=O)N1CCC[C@H](C(=O)c2ccc(-c3ccccc3)c(F)c2)C1. The van der Waals surface area contributed by atoms with Crippen LogP contribution in [0.3, 0.4) is 0 Å². The van der Waals surface area contributed by atoms with Crippen LogP contribution in [0.15, 0.2) is 72.8 Å². The van der Waals surface area contributed by atoms with Crippen LogP contribution >= 0.6 is 0 Å². The Morgan fingerprint density at radius 3 is 2.28 bits per heavy atom. The molecule has 0 N–H and O–H groups in total. The van der Waals surface area contributed by atoms with Crippen LogP contribution in [0, 0.1) is 11.7 Å². The van der Waals surface area contributed by atoms with Gasteiger partial charge in [0.1, 0.15) is 5.82 Å². The van der Waals surface area contributed by atoms with E-state index in [1.165, 1.54) is 13.0 Å². The van der Waals surface area contributed by atoms with Crippen molar-refractivity contribution >= 4 is 17.5 Å². The minimum atomic E-state index is -0.443. The highest BCUT2D eigenvalue weighted by atomic mass is 19.1. The standard InChI is InChI=1S/C27H24FNO3/c1-18(30)22-11-5-6-12-24(22)27(32)29-15-7-10-21(17-29)26(31)20-13-14-23(25(28)16-20)19-8-3-2-4-9-19/h2-6,8-9,11-14,16,21H,7,10,15,17H2,1H3/t21-/m0/s1. The Hall–Kier alpha value is -3.60. The molecule has 3 aromatic rings. The minimum Gasteiger partial charge on any atom is -0.338 e. The van der Waals surface area contributed by atoms with Gasteiger partial charge in [0.15, 0.2) is 11.6 Å². The van der Waals surface area contributed by atoms with Gasteiger partial charge in [0, 0.05) is 35.7 Å². The molecular formula is C27H24FNO3. The van der Waals surface area contributed by atoms with Crippen LogP contribution in [0.5, 0.6) is 0 Å². The van der Waals surface area contributed by atoms with Crippen molar-refractivity contribution in [2.45, 2.75) is 19.8 Å². The number of rotatable bonds is 5. The molecule has 32 heavy (non-hydrogen) atoms. The van der Waals surface area contributed by atoms with E-state index in [-0.39, 0.29) is 24.0 Å². The largest absolute Gasteiger partial charge is 0.338 e. The Kier molecular flexibility index (Phi) is 6.26. The zero-order valence-electron chi connectivity index (χ0n) is 17.9. The summed E-state index contributed by atoms with van der Waals surface area (Å²) in [5.41, 5.74) is 2.24.